The molecule has 1 N–H and O–H groups in total. The zero-order valence-electron chi connectivity index (χ0n) is 15.5. The monoisotopic (exact) mass is 459 g/mol. The Morgan fingerprint density at radius 3 is 2.46 bits per heavy atom. The van der Waals surface area contributed by atoms with Crippen molar-refractivity contribution in [3.8, 4) is 0 Å². The Morgan fingerprint density at radius 2 is 1.85 bits per heavy atom. The van der Waals surface area contributed by atoms with Crippen molar-refractivity contribution in [3.63, 3.8) is 0 Å². The molecule has 6 heteroatoms. The predicted molar refractivity (Wildman–Crippen MR) is 120 cm³/mol. The van der Waals surface area contributed by atoms with Crippen molar-refractivity contribution in [2.45, 2.75) is 46.0 Å². The summed E-state index contributed by atoms with van der Waals surface area (Å²) < 4.78 is 0. The first-order valence-electron chi connectivity index (χ1n) is 8.97. The molecule has 0 spiro atoms. The van der Waals surface area contributed by atoms with Crippen molar-refractivity contribution in [2.24, 2.45) is 0 Å². The number of unbranched alkanes of at least 4 members (excludes halogenated alkanes) is 4. The molecule has 26 heavy (non-hydrogen) atoms. The molecule has 0 fully saturated rings. The van der Waals surface area contributed by atoms with E-state index in [1.807, 2.05) is 0 Å². The number of benzene rings is 1. The Morgan fingerprint density at radius 1 is 1.12 bits per heavy atom. The summed E-state index contributed by atoms with van der Waals surface area (Å²) >= 11 is 10.7. The van der Waals surface area contributed by atoms with Crippen molar-refractivity contribution in [2.75, 3.05) is 18.0 Å². The molecule has 1 aromatic heterocycles. The van der Waals surface area contributed by atoms with E-state index in [1.54, 1.807) is 0 Å². The SMILES string of the molecule is Br.CCCCCCCN1CC(C)=Cc2ccccc21.Clc1nc[nH]c1Cl. The largest absolute Gasteiger partial charge is 0.367 e. The van der Waals surface area contributed by atoms with E-state index in [0.717, 1.165) is 6.54 Å². The van der Waals surface area contributed by atoms with Crippen molar-refractivity contribution >= 4 is 51.9 Å². The number of hydrogen-bond donors (Lipinski definition) is 1. The fourth-order valence-corrected chi connectivity index (χ4v) is 3.16. The van der Waals surface area contributed by atoms with E-state index in [9.17, 15) is 0 Å². The molecular weight excluding hydrogens is 433 g/mol. The number of aromatic nitrogens is 2. The second kappa shape index (κ2) is 12.4. The molecule has 144 valence electrons. The third kappa shape index (κ3) is 7.34. The minimum absolute atomic E-state index is 0. The van der Waals surface area contributed by atoms with Crippen LogP contribution in [0.4, 0.5) is 5.69 Å². The van der Waals surface area contributed by atoms with Crippen LogP contribution in [0.1, 0.15) is 51.5 Å². The maximum atomic E-state index is 5.37. The van der Waals surface area contributed by atoms with Gasteiger partial charge in [-0.25, -0.2) is 4.98 Å². The number of aromatic amines is 1. The highest BCUT2D eigenvalue weighted by atomic mass is 79.9. The van der Waals surface area contributed by atoms with Gasteiger partial charge in [-0.15, -0.1) is 17.0 Å². The summed E-state index contributed by atoms with van der Waals surface area (Å²) in [4.78, 5) is 8.72. The Hall–Kier alpha value is -0.970. The highest BCUT2D eigenvalue weighted by Crippen LogP contribution is 2.28. The van der Waals surface area contributed by atoms with Gasteiger partial charge in [0.1, 0.15) is 5.15 Å². The molecule has 2 aromatic rings. The third-order valence-corrected chi connectivity index (χ3v) is 4.87. The van der Waals surface area contributed by atoms with Crippen LogP contribution in [0, 0.1) is 0 Å². The number of halogens is 3. The molecule has 0 atom stereocenters. The molecule has 0 amide bonds. The minimum atomic E-state index is 0. The van der Waals surface area contributed by atoms with E-state index in [-0.39, 0.29) is 17.0 Å². The maximum absolute atomic E-state index is 5.37. The summed E-state index contributed by atoms with van der Waals surface area (Å²) in [6.45, 7) is 6.81. The van der Waals surface area contributed by atoms with E-state index in [1.165, 1.54) is 61.8 Å². The summed E-state index contributed by atoms with van der Waals surface area (Å²) in [5.41, 5.74) is 4.27. The van der Waals surface area contributed by atoms with Crippen LogP contribution in [-0.2, 0) is 0 Å². The molecule has 1 aliphatic rings. The van der Waals surface area contributed by atoms with Gasteiger partial charge in [-0.2, -0.15) is 0 Å². The Bertz CT molecular complexity index is 669. The highest BCUT2D eigenvalue weighted by Gasteiger charge is 2.14. The van der Waals surface area contributed by atoms with Gasteiger partial charge >= 0.3 is 0 Å². The third-order valence-electron chi connectivity index (χ3n) is 4.20. The fourth-order valence-electron chi connectivity index (χ4n) is 2.96. The van der Waals surface area contributed by atoms with Crippen LogP contribution < -0.4 is 4.90 Å². The maximum Gasteiger partial charge on any atom is 0.165 e. The van der Waals surface area contributed by atoms with Gasteiger partial charge in [0.15, 0.2) is 5.15 Å². The van der Waals surface area contributed by atoms with E-state index in [2.05, 4.69) is 59.1 Å². The Kier molecular flexibility index (Phi) is 11.0. The first-order valence-corrected chi connectivity index (χ1v) is 9.73. The average Bonchev–Trinajstić information content (AvgIpc) is 2.98. The first kappa shape index (κ1) is 23.1. The topological polar surface area (TPSA) is 31.9 Å². The van der Waals surface area contributed by atoms with Gasteiger partial charge in [0.05, 0.1) is 6.33 Å². The zero-order valence-corrected chi connectivity index (χ0v) is 18.7. The van der Waals surface area contributed by atoms with Crippen LogP contribution in [0.3, 0.4) is 0 Å². The first-order chi connectivity index (χ1) is 12.1. The molecule has 1 aromatic carbocycles. The van der Waals surface area contributed by atoms with Crippen LogP contribution in [0.15, 0.2) is 36.2 Å². The second-order valence-corrected chi connectivity index (χ2v) is 7.13. The van der Waals surface area contributed by atoms with Crippen LogP contribution in [0.5, 0.6) is 0 Å². The molecule has 0 aliphatic carbocycles. The highest BCUT2D eigenvalue weighted by molar-refractivity contribution is 8.93. The number of nitrogens with zero attached hydrogens (tertiary/aromatic N) is 2. The number of H-pyrrole nitrogens is 1. The summed E-state index contributed by atoms with van der Waals surface area (Å²) in [5.74, 6) is 0. The number of fused-ring (bicyclic) bond motifs is 1. The summed E-state index contributed by atoms with van der Waals surface area (Å²) in [6, 6.07) is 8.76. The van der Waals surface area contributed by atoms with Crippen LogP contribution in [0.25, 0.3) is 6.08 Å². The van der Waals surface area contributed by atoms with E-state index in [0.29, 0.717) is 10.3 Å². The van der Waals surface area contributed by atoms with E-state index in [4.69, 9.17) is 23.2 Å². The molecule has 0 bridgehead atoms. The van der Waals surface area contributed by atoms with Crippen LogP contribution >= 0.6 is 40.2 Å². The average molecular weight is 461 g/mol. The molecule has 2 heterocycles. The molecule has 0 radical (unpaired) electrons. The number of para-hydroxylation sites is 1. The number of anilines is 1. The van der Waals surface area contributed by atoms with Gasteiger partial charge in [0.2, 0.25) is 0 Å². The Labute approximate surface area is 177 Å². The minimum Gasteiger partial charge on any atom is -0.367 e. The van der Waals surface area contributed by atoms with Gasteiger partial charge in [-0.1, -0.05) is 85.7 Å². The van der Waals surface area contributed by atoms with E-state index < -0.39 is 0 Å². The lowest BCUT2D eigenvalue weighted by molar-refractivity contribution is 0.622. The molecule has 3 rings (SSSR count). The normalized spacial score (nSPS) is 12.5. The van der Waals surface area contributed by atoms with Gasteiger partial charge in [0, 0.05) is 18.8 Å². The van der Waals surface area contributed by atoms with Gasteiger partial charge < -0.3 is 9.88 Å². The van der Waals surface area contributed by atoms with Gasteiger partial charge in [-0.3, -0.25) is 0 Å². The Balaban J connectivity index is 0.000000357. The molecule has 1 aliphatic heterocycles. The number of imidazole rings is 1. The van der Waals surface area contributed by atoms with Crippen LogP contribution in [0.2, 0.25) is 10.3 Å². The lowest BCUT2D eigenvalue weighted by Gasteiger charge is -2.30. The lowest BCUT2D eigenvalue weighted by atomic mass is 10.0. The zero-order chi connectivity index (χ0) is 18.1. The molecule has 0 saturated heterocycles. The summed E-state index contributed by atoms with van der Waals surface area (Å²) in [6.07, 6.45) is 10.6. The molecule has 0 saturated carbocycles. The van der Waals surface area contributed by atoms with Crippen LogP contribution in [-0.4, -0.2) is 23.1 Å². The number of hydrogen-bond acceptors (Lipinski definition) is 2. The summed E-state index contributed by atoms with van der Waals surface area (Å²) in [7, 11) is 0. The molecule has 3 nitrogen and oxygen atoms in total. The fraction of sp³-hybridized carbons (Fsp3) is 0.450. The quantitative estimate of drug-likeness (QED) is 0.463. The van der Waals surface area contributed by atoms with Gasteiger partial charge in [-0.05, 0) is 25.0 Å². The van der Waals surface area contributed by atoms with Crippen molar-refractivity contribution < 1.29 is 0 Å². The predicted octanol–water partition coefficient (Wildman–Crippen LogP) is 7.17. The van der Waals surface area contributed by atoms with Gasteiger partial charge in [0.25, 0.3) is 0 Å². The van der Waals surface area contributed by atoms with Crippen molar-refractivity contribution in [1.82, 2.24) is 9.97 Å². The standard InChI is InChI=1S/C17H25N.C3H2Cl2N2.BrH/c1-3-4-5-6-9-12-18-14-15(2)13-16-10-7-8-11-17(16)18;4-2-3(5)7-1-6-2;/h7-8,10-11,13H,3-6,9,12,14H2,1-2H3;1H,(H,6,7);1H. The smallest absolute Gasteiger partial charge is 0.165 e. The molecular formula is C20H28BrCl2N3. The number of nitrogens with one attached hydrogen (secondary N) is 1. The second-order valence-electron chi connectivity index (χ2n) is 6.39. The van der Waals surface area contributed by atoms with Crippen molar-refractivity contribution in [3.05, 3.63) is 52.0 Å². The van der Waals surface area contributed by atoms with E-state index >= 15 is 0 Å². The number of rotatable bonds is 6. The van der Waals surface area contributed by atoms with Crippen molar-refractivity contribution in [1.29, 1.82) is 0 Å². The lowest BCUT2D eigenvalue weighted by Crippen LogP contribution is -2.29. The summed E-state index contributed by atoms with van der Waals surface area (Å²) in [5, 5.41) is 0.711. The molecule has 0 unspecified atom stereocenters.